The van der Waals surface area contributed by atoms with Crippen LogP contribution in [0, 0.1) is 5.82 Å². The third-order valence-corrected chi connectivity index (χ3v) is 6.48. The van der Waals surface area contributed by atoms with Crippen molar-refractivity contribution in [3.8, 4) is 5.75 Å². The van der Waals surface area contributed by atoms with Gasteiger partial charge in [-0.1, -0.05) is 24.3 Å². The van der Waals surface area contributed by atoms with Gasteiger partial charge in [-0.25, -0.2) is 9.18 Å². The molecule has 7 heteroatoms. The van der Waals surface area contributed by atoms with Gasteiger partial charge in [-0.2, -0.15) is 0 Å². The van der Waals surface area contributed by atoms with Gasteiger partial charge in [-0.05, 0) is 61.6 Å². The number of dihydropyridines is 1. The molecule has 0 fully saturated rings. The number of carbonyl (C=O) groups excluding carboxylic acids is 2. The lowest BCUT2D eigenvalue weighted by molar-refractivity contribution is -0.140. The summed E-state index contributed by atoms with van der Waals surface area (Å²) in [6.07, 6.45) is 0.896. The molecule has 1 N–H and O–H groups in total. The van der Waals surface area contributed by atoms with Gasteiger partial charge in [-0.15, -0.1) is 0 Å². The van der Waals surface area contributed by atoms with E-state index in [0.717, 1.165) is 17.0 Å². The van der Waals surface area contributed by atoms with E-state index in [1.807, 2.05) is 31.2 Å². The average molecular weight is 480 g/mol. The second-order valence-corrected chi connectivity index (χ2v) is 8.68. The van der Waals surface area contributed by atoms with Gasteiger partial charge >= 0.3 is 5.97 Å². The first-order chi connectivity index (χ1) is 16.9. The van der Waals surface area contributed by atoms with Crippen molar-refractivity contribution in [1.82, 2.24) is 5.32 Å². The van der Waals surface area contributed by atoms with Crippen molar-refractivity contribution in [1.29, 1.82) is 0 Å². The quantitative estimate of drug-likeness (QED) is 0.434. The fraction of sp³-hybridized carbons (Fsp3) is 0.357. The highest BCUT2D eigenvalue weighted by Gasteiger charge is 2.41. The van der Waals surface area contributed by atoms with Crippen LogP contribution in [0.15, 0.2) is 71.1 Å². The molecule has 0 saturated carbocycles. The standard InChI is InChI=1S/C28H30FNO5/c1-4-34-12-13-35-28(32)25-17(2)30-23-15-20(18-8-10-22(33-3)11-9-18)16-24(31)27(23)26(25)19-6-5-7-21(29)14-19/h5-11,14,20,26,30H,4,12-13,15-16H2,1-3H3. The van der Waals surface area contributed by atoms with E-state index in [4.69, 9.17) is 14.2 Å². The highest BCUT2D eigenvalue weighted by Crippen LogP contribution is 2.45. The van der Waals surface area contributed by atoms with Crippen LogP contribution >= 0.6 is 0 Å². The summed E-state index contributed by atoms with van der Waals surface area (Å²) >= 11 is 0. The van der Waals surface area contributed by atoms with Crippen LogP contribution in [0.4, 0.5) is 4.39 Å². The Kier molecular flexibility index (Phi) is 7.66. The predicted molar refractivity (Wildman–Crippen MR) is 129 cm³/mol. The second-order valence-electron chi connectivity index (χ2n) is 8.68. The van der Waals surface area contributed by atoms with Crippen LogP contribution in [-0.4, -0.2) is 38.7 Å². The molecule has 2 unspecified atom stereocenters. The van der Waals surface area contributed by atoms with Gasteiger partial charge in [0.05, 0.1) is 19.3 Å². The number of Topliss-reactive ketones (excluding diaryl/α,β-unsaturated/α-hetero) is 1. The fourth-order valence-corrected chi connectivity index (χ4v) is 4.86. The fourth-order valence-electron chi connectivity index (χ4n) is 4.86. The van der Waals surface area contributed by atoms with E-state index < -0.39 is 17.7 Å². The van der Waals surface area contributed by atoms with E-state index >= 15 is 0 Å². The minimum absolute atomic E-state index is 0.0136. The molecule has 0 aromatic heterocycles. The zero-order chi connectivity index (χ0) is 24.9. The summed E-state index contributed by atoms with van der Waals surface area (Å²) in [6, 6.07) is 13.8. The van der Waals surface area contributed by atoms with Gasteiger partial charge in [0, 0.05) is 35.9 Å². The number of hydrogen-bond acceptors (Lipinski definition) is 6. The molecule has 35 heavy (non-hydrogen) atoms. The van der Waals surface area contributed by atoms with Crippen LogP contribution < -0.4 is 10.1 Å². The number of halogens is 1. The van der Waals surface area contributed by atoms with Crippen molar-refractivity contribution >= 4 is 11.8 Å². The topological polar surface area (TPSA) is 73.9 Å². The number of hydrogen-bond donors (Lipinski definition) is 1. The Balaban J connectivity index is 1.69. The third-order valence-electron chi connectivity index (χ3n) is 6.48. The zero-order valence-electron chi connectivity index (χ0n) is 20.2. The van der Waals surface area contributed by atoms with E-state index in [0.29, 0.717) is 41.9 Å². The van der Waals surface area contributed by atoms with Crippen molar-refractivity contribution in [3.05, 3.63) is 88.0 Å². The number of allylic oxidation sites excluding steroid dienone is 3. The Hall–Kier alpha value is -3.45. The number of ketones is 1. The summed E-state index contributed by atoms with van der Waals surface area (Å²) in [6.45, 7) is 4.55. The number of esters is 1. The SMILES string of the molecule is CCOCCOC(=O)C1=C(C)NC2=C(C(=O)CC(c3ccc(OC)cc3)C2)C1c1cccc(F)c1. The maximum Gasteiger partial charge on any atom is 0.336 e. The lowest BCUT2D eigenvalue weighted by Gasteiger charge is -2.36. The van der Waals surface area contributed by atoms with Crippen LogP contribution in [0.5, 0.6) is 5.75 Å². The minimum Gasteiger partial charge on any atom is -0.497 e. The van der Waals surface area contributed by atoms with Crippen LogP contribution in [0.2, 0.25) is 0 Å². The summed E-state index contributed by atoms with van der Waals surface area (Å²) in [7, 11) is 1.61. The van der Waals surface area contributed by atoms with Gasteiger partial charge in [-0.3, -0.25) is 4.79 Å². The number of benzene rings is 2. The maximum atomic E-state index is 14.2. The minimum atomic E-state index is -0.703. The number of ether oxygens (including phenoxy) is 3. The van der Waals surface area contributed by atoms with E-state index in [1.54, 1.807) is 26.2 Å². The molecule has 1 heterocycles. The number of methoxy groups -OCH3 is 1. The van der Waals surface area contributed by atoms with Gasteiger partial charge in [0.15, 0.2) is 5.78 Å². The zero-order valence-corrected chi connectivity index (χ0v) is 20.2. The Morgan fingerprint density at radius 3 is 2.54 bits per heavy atom. The smallest absolute Gasteiger partial charge is 0.336 e. The predicted octanol–water partition coefficient (Wildman–Crippen LogP) is 4.78. The summed E-state index contributed by atoms with van der Waals surface area (Å²) in [5, 5.41) is 3.31. The first-order valence-corrected chi connectivity index (χ1v) is 11.8. The number of rotatable bonds is 8. The normalized spacial score (nSPS) is 19.8. The lowest BCUT2D eigenvalue weighted by Crippen LogP contribution is -2.36. The van der Waals surface area contributed by atoms with Crippen LogP contribution in [0.1, 0.15) is 49.7 Å². The molecular weight excluding hydrogens is 449 g/mol. The van der Waals surface area contributed by atoms with Crippen molar-refractivity contribution in [2.75, 3.05) is 26.9 Å². The molecule has 2 aliphatic rings. The molecule has 6 nitrogen and oxygen atoms in total. The molecule has 4 rings (SSSR count). The van der Waals surface area contributed by atoms with Crippen molar-refractivity contribution in [2.45, 2.75) is 38.5 Å². The summed E-state index contributed by atoms with van der Waals surface area (Å²) in [5.74, 6) is -0.999. The van der Waals surface area contributed by atoms with Crippen molar-refractivity contribution in [2.24, 2.45) is 0 Å². The van der Waals surface area contributed by atoms with E-state index in [-0.39, 0.29) is 24.9 Å². The van der Waals surface area contributed by atoms with Crippen molar-refractivity contribution < 1.29 is 28.2 Å². The summed E-state index contributed by atoms with van der Waals surface area (Å²) < 4.78 is 30.2. The number of carbonyl (C=O) groups is 2. The van der Waals surface area contributed by atoms with E-state index in [1.165, 1.54) is 12.1 Å². The van der Waals surface area contributed by atoms with Crippen LogP contribution in [0.3, 0.4) is 0 Å². The molecule has 0 radical (unpaired) electrons. The molecule has 2 aromatic rings. The Morgan fingerprint density at radius 1 is 1.09 bits per heavy atom. The molecule has 0 bridgehead atoms. The lowest BCUT2D eigenvalue weighted by atomic mass is 9.71. The Morgan fingerprint density at radius 2 is 1.86 bits per heavy atom. The van der Waals surface area contributed by atoms with Gasteiger partial charge in [0.2, 0.25) is 0 Å². The molecule has 0 spiro atoms. The van der Waals surface area contributed by atoms with Gasteiger partial charge < -0.3 is 19.5 Å². The molecule has 0 saturated heterocycles. The molecule has 1 aliphatic heterocycles. The molecule has 2 aromatic carbocycles. The van der Waals surface area contributed by atoms with Crippen LogP contribution in [-0.2, 0) is 19.1 Å². The molecule has 1 aliphatic carbocycles. The first kappa shape index (κ1) is 24.7. The summed E-state index contributed by atoms with van der Waals surface area (Å²) in [5.41, 5.74) is 3.77. The maximum absolute atomic E-state index is 14.2. The van der Waals surface area contributed by atoms with E-state index in [2.05, 4.69) is 5.32 Å². The molecule has 2 atom stereocenters. The summed E-state index contributed by atoms with van der Waals surface area (Å²) in [4.78, 5) is 26.7. The highest BCUT2D eigenvalue weighted by molar-refractivity contribution is 6.04. The Bertz CT molecular complexity index is 1170. The van der Waals surface area contributed by atoms with Gasteiger partial charge in [0.1, 0.15) is 18.2 Å². The number of nitrogens with one attached hydrogen (secondary N) is 1. The van der Waals surface area contributed by atoms with Crippen molar-refractivity contribution in [3.63, 3.8) is 0 Å². The highest BCUT2D eigenvalue weighted by atomic mass is 19.1. The molecule has 0 amide bonds. The molecular formula is C28H30FNO5. The monoisotopic (exact) mass is 479 g/mol. The van der Waals surface area contributed by atoms with E-state index in [9.17, 15) is 14.0 Å². The van der Waals surface area contributed by atoms with Gasteiger partial charge in [0.25, 0.3) is 0 Å². The second kappa shape index (κ2) is 10.9. The third kappa shape index (κ3) is 5.30. The Labute approximate surface area is 204 Å². The average Bonchev–Trinajstić information content (AvgIpc) is 2.85. The molecule has 184 valence electrons. The first-order valence-electron chi connectivity index (χ1n) is 11.8. The largest absolute Gasteiger partial charge is 0.497 e. The van der Waals surface area contributed by atoms with Crippen LogP contribution in [0.25, 0.3) is 0 Å².